The summed E-state index contributed by atoms with van der Waals surface area (Å²) in [5.41, 5.74) is 1.22. The van der Waals surface area contributed by atoms with E-state index in [1.807, 2.05) is 6.07 Å². The number of methoxy groups -OCH3 is 1. The summed E-state index contributed by atoms with van der Waals surface area (Å²) >= 11 is 0. The van der Waals surface area contributed by atoms with E-state index in [9.17, 15) is 14.4 Å². The first kappa shape index (κ1) is 24.7. The van der Waals surface area contributed by atoms with Gasteiger partial charge in [0.05, 0.1) is 0 Å². The number of hydrogen-bond acceptors (Lipinski definition) is 7. The van der Waals surface area contributed by atoms with Crippen LogP contribution < -0.4 is 20.4 Å². The van der Waals surface area contributed by atoms with Crippen LogP contribution in [0.4, 0.5) is 5.69 Å². The van der Waals surface area contributed by atoms with E-state index in [0.717, 1.165) is 5.57 Å². The topological polar surface area (TPSA) is 104 Å². The summed E-state index contributed by atoms with van der Waals surface area (Å²) < 4.78 is 21.0. The zero-order valence-electron chi connectivity index (χ0n) is 19.4. The molecule has 3 aromatic rings. The molecule has 0 bridgehead atoms. The number of amides is 1. The lowest BCUT2D eigenvalue weighted by Crippen LogP contribution is -2.18. The van der Waals surface area contributed by atoms with Crippen LogP contribution in [0.3, 0.4) is 0 Å². The molecule has 2 aromatic carbocycles. The van der Waals surface area contributed by atoms with Crippen LogP contribution in [0.25, 0.3) is 11.0 Å². The fourth-order valence-corrected chi connectivity index (χ4v) is 3.30. The molecule has 0 aliphatic rings. The third-order valence-electron chi connectivity index (χ3n) is 4.96. The second-order valence-electron chi connectivity index (χ2n) is 7.71. The number of carbonyl (C=O) groups excluding carboxylic acids is 2. The molecule has 0 aliphatic carbocycles. The number of benzene rings is 2. The van der Waals surface area contributed by atoms with Crippen LogP contribution >= 0.6 is 0 Å². The Morgan fingerprint density at radius 1 is 1.12 bits per heavy atom. The van der Waals surface area contributed by atoms with Crippen LogP contribution in [0.1, 0.15) is 31.7 Å². The van der Waals surface area contributed by atoms with Gasteiger partial charge in [-0.25, -0.2) is 4.79 Å². The van der Waals surface area contributed by atoms with Crippen molar-refractivity contribution in [3.63, 3.8) is 0 Å². The molecule has 0 atom stereocenters. The lowest BCUT2D eigenvalue weighted by Gasteiger charge is -2.11. The minimum atomic E-state index is -0.655. The molecule has 0 fully saturated rings. The quantitative estimate of drug-likeness (QED) is 0.152. The predicted octanol–water partition coefficient (Wildman–Crippen LogP) is 4.74. The van der Waals surface area contributed by atoms with Crippen LogP contribution in [0.15, 0.2) is 69.4 Å². The van der Waals surface area contributed by atoms with Gasteiger partial charge in [-0.3, -0.25) is 9.59 Å². The van der Waals surface area contributed by atoms with Crippen LogP contribution in [-0.2, 0) is 14.3 Å². The van der Waals surface area contributed by atoms with Gasteiger partial charge in [-0.15, -0.1) is 0 Å². The minimum Gasteiger partial charge on any atom is -0.467 e. The van der Waals surface area contributed by atoms with Gasteiger partial charge < -0.3 is 23.9 Å². The first-order valence-corrected chi connectivity index (χ1v) is 10.8. The van der Waals surface area contributed by atoms with Crippen molar-refractivity contribution < 1.29 is 28.2 Å². The highest BCUT2D eigenvalue weighted by molar-refractivity contribution is 5.94. The zero-order valence-corrected chi connectivity index (χ0v) is 19.4. The summed E-state index contributed by atoms with van der Waals surface area (Å²) in [5, 5.41) is 3.26. The van der Waals surface area contributed by atoms with E-state index in [1.165, 1.54) is 7.11 Å². The third-order valence-corrected chi connectivity index (χ3v) is 4.96. The van der Waals surface area contributed by atoms with Crippen molar-refractivity contribution in [2.24, 2.45) is 0 Å². The van der Waals surface area contributed by atoms with Crippen LogP contribution in [0.2, 0.25) is 0 Å². The normalized spacial score (nSPS) is 11.3. The van der Waals surface area contributed by atoms with Crippen LogP contribution in [0.5, 0.6) is 11.5 Å². The Hall–Kier alpha value is -3.91. The predicted molar refractivity (Wildman–Crippen MR) is 128 cm³/mol. The Labute approximate surface area is 197 Å². The van der Waals surface area contributed by atoms with Gasteiger partial charge in [-0.1, -0.05) is 29.8 Å². The molecule has 0 unspecified atom stereocenters. The summed E-state index contributed by atoms with van der Waals surface area (Å²) in [7, 11) is 1.52. The number of nitrogens with one attached hydrogen (secondary N) is 1. The Morgan fingerprint density at radius 2 is 1.88 bits per heavy atom. The molecule has 8 nitrogen and oxygen atoms in total. The first-order chi connectivity index (χ1) is 16.4. The molecular weight excluding hydrogens is 438 g/mol. The molecule has 34 heavy (non-hydrogen) atoms. The summed E-state index contributed by atoms with van der Waals surface area (Å²) in [6.07, 6.45) is 2.51. The molecule has 1 N–H and O–H groups in total. The molecule has 3 rings (SSSR count). The smallest absolute Gasteiger partial charge is 0.360 e. The summed E-state index contributed by atoms with van der Waals surface area (Å²) in [6.45, 7) is 3.64. The number of para-hydroxylation sites is 1. The number of fused-ring (bicyclic) bond motifs is 1. The maximum absolute atomic E-state index is 12.4. The summed E-state index contributed by atoms with van der Waals surface area (Å²) in [4.78, 5) is 36.8. The maximum Gasteiger partial charge on any atom is 0.360 e. The van der Waals surface area contributed by atoms with E-state index in [0.29, 0.717) is 34.5 Å². The molecule has 1 aromatic heterocycles. The summed E-state index contributed by atoms with van der Waals surface area (Å²) in [5.74, 6) is 0.335. The second kappa shape index (κ2) is 11.8. The van der Waals surface area contributed by atoms with Crippen molar-refractivity contribution in [1.29, 1.82) is 0 Å². The second-order valence-corrected chi connectivity index (χ2v) is 7.71. The largest absolute Gasteiger partial charge is 0.467 e. The highest BCUT2D eigenvalue weighted by Crippen LogP contribution is 2.27. The SMILES string of the molecule is COCOc1ccc2cc(NC(=O)CC(C)=CCCC(=O)Oc3ccccc3)c(=O)oc2c1C. The van der Waals surface area contributed by atoms with Gasteiger partial charge in [0.15, 0.2) is 6.79 Å². The zero-order chi connectivity index (χ0) is 24.5. The Bertz CT molecular complexity index is 1250. The van der Waals surface area contributed by atoms with Crippen molar-refractivity contribution in [3.05, 3.63) is 76.2 Å². The standard InChI is InChI=1S/C26H27NO7/c1-17(8-7-11-24(29)33-20-9-5-4-6-10-20)14-23(28)27-21-15-19-12-13-22(32-16-31-3)18(2)25(19)34-26(21)30/h4-6,8-10,12-13,15H,7,11,14,16H2,1-3H3,(H,27,28). The van der Waals surface area contributed by atoms with Gasteiger partial charge in [0.25, 0.3) is 0 Å². The van der Waals surface area contributed by atoms with Gasteiger partial charge in [0.1, 0.15) is 22.8 Å². The molecule has 1 amide bonds. The van der Waals surface area contributed by atoms with Crippen molar-refractivity contribution in [1.82, 2.24) is 0 Å². The van der Waals surface area contributed by atoms with Crippen molar-refractivity contribution in [3.8, 4) is 11.5 Å². The van der Waals surface area contributed by atoms with E-state index >= 15 is 0 Å². The molecule has 0 spiro atoms. The Morgan fingerprint density at radius 3 is 2.62 bits per heavy atom. The van der Waals surface area contributed by atoms with Crippen molar-refractivity contribution >= 4 is 28.5 Å². The highest BCUT2D eigenvalue weighted by atomic mass is 16.7. The number of hydrogen-bond donors (Lipinski definition) is 1. The van der Waals surface area contributed by atoms with Gasteiger partial charge in [-0.2, -0.15) is 0 Å². The van der Waals surface area contributed by atoms with Crippen molar-refractivity contribution in [2.75, 3.05) is 19.2 Å². The Kier molecular flexibility index (Phi) is 8.59. The number of esters is 1. The minimum absolute atomic E-state index is 0.0571. The first-order valence-electron chi connectivity index (χ1n) is 10.8. The number of rotatable bonds is 10. The fraction of sp³-hybridized carbons (Fsp3) is 0.269. The Balaban J connectivity index is 1.57. The van der Waals surface area contributed by atoms with E-state index in [-0.39, 0.29) is 37.2 Å². The van der Waals surface area contributed by atoms with Gasteiger partial charge in [0.2, 0.25) is 5.91 Å². The molecule has 0 saturated carbocycles. The van der Waals surface area contributed by atoms with Crippen molar-refractivity contribution in [2.45, 2.75) is 33.1 Å². The average Bonchev–Trinajstić information content (AvgIpc) is 2.80. The molecule has 0 aliphatic heterocycles. The van der Waals surface area contributed by atoms with Crippen LogP contribution in [0, 0.1) is 6.92 Å². The molecule has 1 heterocycles. The fourth-order valence-electron chi connectivity index (χ4n) is 3.30. The molecule has 0 saturated heterocycles. The monoisotopic (exact) mass is 465 g/mol. The number of aryl methyl sites for hydroxylation is 1. The van der Waals surface area contributed by atoms with Gasteiger partial charge in [0, 0.05) is 30.9 Å². The number of carbonyl (C=O) groups is 2. The molecule has 8 heteroatoms. The number of anilines is 1. The lowest BCUT2D eigenvalue weighted by molar-refractivity contribution is -0.134. The van der Waals surface area contributed by atoms with E-state index in [1.54, 1.807) is 62.4 Å². The average molecular weight is 466 g/mol. The number of ether oxygens (including phenoxy) is 3. The molecular formula is C26H27NO7. The van der Waals surface area contributed by atoms with E-state index in [2.05, 4.69) is 5.32 Å². The van der Waals surface area contributed by atoms with Gasteiger partial charge >= 0.3 is 11.6 Å². The number of allylic oxidation sites excluding steroid dienone is 1. The van der Waals surface area contributed by atoms with E-state index < -0.39 is 5.63 Å². The molecule has 0 radical (unpaired) electrons. The van der Waals surface area contributed by atoms with E-state index in [4.69, 9.17) is 18.6 Å². The summed E-state index contributed by atoms with van der Waals surface area (Å²) in [6, 6.07) is 13.9. The van der Waals surface area contributed by atoms with Crippen LogP contribution in [-0.4, -0.2) is 25.8 Å². The molecule has 178 valence electrons. The van der Waals surface area contributed by atoms with Gasteiger partial charge in [-0.05, 0) is 50.6 Å². The third kappa shape index (κ3) is 6.79. The lowest BCUT2D eigenvalue weighted by atomic mass is 10.1. The highest BCUT2D eigenvalue weighted by Gasteiger charge is 2.13. The maximum atomic E-state index is 12.4.